The molecule has 108 valence electrons. The number of ether oxygens (including phenoxy) is 2. The minimum Gasteiger partial charge on any atom is -0.463 e. The summed E-state index contributed by atoms with van der Waals surface area (Å²) in [5.41, 5.74) is -0.326. The molecule has 0 radical (unpaired) electrons. The molecule has 0 heterocycles. The van der Waals surface area contributed by atoms with Crippen LogP contribution in [0.3, 0.4) is 0 Å². The van der Waals surface area contributed by atoms with Crippen molar-refractivity contribution in [1.29, 1.82) is 0 Å². The van der Waals surface area contributed by atoms with Gasteiger partial charge in [0.2, 0.25) is 0 Å². The van der Waals surface area contributed by atoms with E-state index in [-0.39, 0.29) is 24.6 Å². The van der Waals surface area contributed by atoms with Gasteiger partial charge in [-0.05, 0) is 19.3 Å². The summed E-state index contributed by atoms with van der Waals surface area (Å²) < 4.78 is 10.4. The first-order valence-corrected chi connectivity index (χ1v) is 7.02. The van der Waals surface area contributed by atoms with Gasteiger partial charge in [-0.2, -0.15) is 0 Å². The average molecular weight is 260 g/mol. The van der Waals surface area contributed by atoms with Gasteiger partial charge in [0, 0.05) is 0 Å². The van der Waals surface area contributed by atoms with E-state index in [2.05, 4.69) is 6.92 Å². The molecule has 18 heavy (non-hydrogen) atoms. The minimum absolute atomic E-state index is 0.00168. The first kappa shape index (κ1) is 17.4. The zero-order chi connectivity index (χ0) is 13.9. The lowest BCUT2D eigenvalue weighted by molar-refractivity contribution is -0.158. The molecule has 0 bridgehead atoms. The van der Waals surface area contributed by atoms with Crippen LogP contribution in [-0.2, 0) is 14.3 Å². The fourth-order valence-corrected chi connectivity index (χ4v) is 2.02. The summed E-state index contributed by atoms with van der Waals surface area (Å²) in [4.78, 5) is 12.1. The molecule has 0 atom stereocenters. The first-order chi connectivity index (χ1) is 8.66. The van der Waals surface area contributed by atoms with E-state index in [1.165, 1.54) is 0 Å². The number of hydrogen-bond acceptors (Lipinski definition) is 4. The van der Waals surface area contributed by atoms with Gasteiger partial charge in [-0.3, -0.25) is 4.79 Å². The van der Waals surface area contributed by atoms with Crippen LogP contribution in [0.2, 0.25) is 0 Å². The number of unbranched alkanes of at least 4 members (excludes halogenated alkanes) is 1. The van der Waals surface area contributed by atoms with E-state index in [9.17, 15) is 4.79 Å². The standard InChI is InChI=1S/C14H28O4/c1-4-7-8-14(5-2,6-3)13(16)18-12-11-17-10-9-15/h15H,4-12H2,1-3H3. The zero-order valence-electron chi connectivity index (χ0n) is 12.0. The molecule has 0 aliphatic rings. The van der Waals surface area contributed by atoms with Crippen molar-refractivity contribution in [3.63, 3.8) is 0 Å². The van der Waals surface area contributed by atoms with Crippen molar-refractivity contribution in [3.8, 4) is 0 Å². The Labute approximate surface area is 111 Å². The van der Waals surface area contributed by atoms with Gasteiger partial charge in [0.05, 0.1) is 25.2 Å². The maximum Gasteiger partial charge on any atom is 0.312 e. The maximum absolute atomic E-state index is 12.1. The molecule has 0 spiro atoms. The third-order valence-corrected chi connectivity index (χ3v) is 3.49. The molecular formula is C14H28O4. The Balaban J connectivity index is 4.13. The fraction of sp³-hybridized carbons (Fsp3) is 0.929. The highest BCUT2D eigenvalue weighted by molar-refractivity contribution is 5.76. The van der Waals surface area contributed by atoms with Gasteiger partial charge in [-0.25, -0.2) is 0 Å². The highest BCUT2D eigenvalue weighted by Crippen LogP contribution is 2.34. The molecule has 0 amide bonds. The summed E-state index contributed by atoms with van der Waals surface area (Å²) in [6, 6.07) is 0. The number of carbonyl (C=O) groups is 1. The lowest BCUT2D eigenvalue weighted by atomic mass is 9.78. The monoisotopic (exact) mass is 260 g/mol. The van der Waals surface area contributed by atoms with Crippen molar-refractivity contribution < 1.29 is 19.4 Å². The normalized spacial score (nSPS) is 11.6. The predicted octanol–water partition coefficient (Wildman–Crippen LogP) is 2.54. The van der Waals surface area contributed by atoms with E-state index < -0.39 is 0 Å². The van der Waals surface area contributed by atoms with Crippen LogP contribution in [0.25, 0.3) is 0 Å². The molecule has 0 rings (SSSR count). The van der Waals surface area contributed by atoms with Crippen LogP contribution in [0.5, 0.6) is 0 Å². The Hall–Kier alpha value is -0.610. The lowest BCUT2D eigenvalue weighted by Crippen LogP contribution is -2.32. The molecule has 0 aliphatic carbocycles. The van der Waals surface area contributed by atoms with Crippen LogP contribution in [0.1, 0.15) is 52.9 Å². The maximum atomic E-state index is 12.1. The first-order valence-electron chi connectivity index (χ1n) is 7.02. The van der Waals surface area contributed by atoms with E-state index in [0.717, 1.165) is 32.1 Å². The van der Waals surface area contributed by atoms with Crippen molar-refractivity contribution in [2.24, 2.45) is 5.41 Å². The van der Waals surface area contributed by atoms with Gasteiger partial charge in [0.15, 0.2) is 0 Å². The Bertz CT molecular complexity index is 212. The van der Waals surface area contributed by atoms with E-state index in [1.807, 2.05) is 13.8 Å². The van der Waals surface area contributed by atoms with Gasteiger partial charge in [0.25, 0.3) is 0 Å². The number of hydrogen-bond donors (Lipinski definition) is 1. The van der Waals surface area contributed by atoms with Gasteiger partial charge >= 0.3 is 5.97 Å². The number of aliphatic hydroxyl groups is 1. The molecule has 0 aromatic carbocycles. The Morgan fingerprint density at radius 1 is 1.11 bits per heavy atom. The van der Waals surface area contributed by atoms with Gasteiger partial charge in [-0.15, -0.1) is 0 Å². The van der Waals surface area contributed by atoms with Gasteiger partial charge in [-0.1, -0.05) is 33.6 Å². The van der Waals surface area contributed by atoms with Gasteiger partial charge in [0.1, 0.15) is 6.61 Å². The molecule has 0 unspecified atom stereocenters. The molecule has 0 saturated carbocycles. The second-order valence-corrected chi connectivity index (χ2v) is 4.56. The minimum atomic E-state index is -0.326. The molecule has 0 aromatic rings. The van der Waals surface area contributed by atoms with Crippen LogP contribution >= 0.6 is 0 Å². The van der Waals surface area contributed by atoms with Crippen LogP contribution in [0, 0.1) is 5.41 Å². The molecule has 1 N–H and O–H groups in total. The molecule has 4 heteroatoms. The largest absolute Gasteiger partial charge is 0.463 e. The molecular weight excluding hydrogens is 232 g/mol. The molecule has 0 saturated heterocycles. The van der Waals surface area contributed by atoms with Crippen molar-refractivity contribution >= 4 is 5.97 Å². The molecule has 0 fully saturated rings. The summed E-state index contributed by atoms with van der Waals surface area (Å²) in [7, 11) is 0. The third kappa shape index (κ3) is 5.83. The van der Waals surface area contributed by atoms with Crippen molar-refractivity contribution in [2.75, 3.05) is 26.4 Å². The topological polar surface area (TPSA) is 55.8 Å². The number of aliphatic hydroxyl groups excluding tert-OH is 1. The van der Waals surface area contributed by atoms with Crippen LogP contribution in [0.4, 0.5) is 0 Å². The summed E-state index contributed by atoms with van der Waals surface area (Å²) >= 11 is 0. The average Bonchev–Trinajstić information content (AvgIpc) is 2.40. The third-order valence-electron chi connectivity index (χ3n) is 3.49. The Kier molecular flexibility index (Phi) is 9.98. The summed E-state index contributed by atoms with van der Waals surface area (Å²) in [6.45, 7) is 7.13. The van der Waals surface area contributed by atoms with E-state index >= 15 is 0 Å². The van der Waals surface area contributed by atoms with Crippen LogP contribution in [-0.4, -0.2) is 37.5 Å². The number of esters is 1. The Morgan fingerprint density at radius 2 is 1.78 bits per heavy atom. The highest BCUT2D eigenvalue weighted by Gasteiger charge is 2.35. The van der Waals surface area contributed by atoms with E-state index in [0.29, 0.717) is 13.2 Å². The summed E-state index contributed by atoms with van der Waals surface area (Å²) in [6.07, 6.45) is 4.68. The SMILES string of the molecule is CCCCC(CC)(CC)C(=O)OCCOCCO. The van der Waals surface area contributed by atoms with E-state index in [4.69, 9.17) is 14.6 Å². The molecule has 0 aromatic heterocycles. The van der Waals surface area contributed by atoms with Crippen LogP contribution < -0.4 is 0 Å². The zero-order valence-corrected chi connectivity index (χ0v) is 12.0. The molecule has 0 aliphatic heterocycles. The van der Waals surface area contributed by atoms with Crippen molar-refractivity contribution in [2.45, 2.75) is 52.9 Å². The van der Waals surface area contributed by atoms with Crippen molar-refractivity contribution in [1.82, 2.24) is 0 Å². The summed E-state index contributed by atoms with van der Waals surface area (Å²) in [5, 5.41) is 8.54. The molecule has 4 nitrogen and oxygen atoms in total. The lowest BCUT2D eigenvalue weighted by Gasteiger charge is -2.29. The quantitative estimate of drug-likeness (QED) is 0.458. The summed E-state index contributed by atoms with van der Waals surface area (Å²) in [5.74, 6) is -0.103. The second kappa shape index (κ2) is 10.3. The van der Waals surface area contributed by atoms with Crippen LogP contribution in [0.15, 0.2) is 0 Å². The second-order valence-electron chi connectivity index (χ2n) is 4.56. The van der Waals surface area contributed by atoms with Crippen molar-refractivity contribution in [3.05, 3.63) is 0 Å². The highest BCUT2D eigenvalue weighted by atomic mass is 16.6. The number of rotatable bonds is 11. The smallest absolute Gasteiger partial charge is 0.312 e. The number of carbonyl (C=O) groups excluding carboxylic acids is 1. The fourth-order valence-electron chi connectivity index (χ4n) is 2.02. The van der Waals surface area contributed by atoms with Gasteiger partial charge < -0.3 is 14.6 Å². The Morgan fingerprint density at radius 3 is 2.28 bits per heavy atom. The predicted molar refractivity (Wildman–Crippen MR) is 71.4 cm³/mol. The van der Waals surface area contributed by atoms with E-state index in [1.54, 1.807) is 0 Å².